The van der Waals surface area contributed by atoms with Gasteiger partial charge in [-0.25, -0.2) is 0 Å². The van der Waals surface area contributed by atoms with Crippen LogP contribution in [0.3, 0.4) is 0 Å². The molecule has 0 radical (unpaired) electrons. The first-order chi connectivity index (χ1) is 9.24. The molecule has 0 amide bonds. The summed E-state index contributed by atoms with van der Waals surface area (Å²) in [6.07, 6.45) is 0.998. The summed E-state index contributed by atoms with van der Waals surface area (Å²) in [6.45, 7) is 4.22. The Morgan fingerprint density at radius 3 is 2.79 bits per heavy atom. The maximum atomic E-state index is 5.80. The molecule has 1 unspecified atom stereocenters. The Kier molecular flexibility index (Phi) is 4.52. The van der Waals surface area contributed by atoms with Crippen LogP contribution in [0.4, 0.5) is 0 Å². The molecule has 0 saturated carbocycles. The molecule has 0 spiro atoms. The van der Waals surface area contributed by atoms with Crippen molar-refractivity contribution in [3.63, 3.8) is 0 Å². The van der Waals surface area contributed by atoms with Gasteiger partial charge in [-0.2, -0.15) is 4.98 Å². The molecule has 1 atom stereocenters. The molecule has 0 aliphatic heterocycles. The fourth-order valence-corrected chi connectivity index (χ4v) is 2.02. The number of nitrogens with zero attached hydrogens (tertiary/aromatic N) is 2. The highest BCUT2D eigenvalue weighted by Crippen LogP contribution is 2.27. The Hall–Kier alpha value is -1.88. The normalized spacial score (nSPS) is 12.4. The Balaban J connectivity index is 2.11. The first-order valence-electron chi connectivity index (χ1n) is 6.42. The average molecular weight is 261 g/mol. The van der Waals surface area contributed by atoms with E-state index in [-0.39, 0.29) is 6.04 Å². The average Bonchev–Trinajstić information content (AvgIpc) is 2.85. The third-order valence-corrected chi connectivity index (χ3v) is 2.98. The first kappa shape index (κ1) is 13.5. The molecule has 5 heteroatoms. The van der Waals surface area contributed by atoms with E-state index in [0.717, 1.165) is 17.7 Å². The quantitative estimate of drug-likeness (QED) is 0.866. The van der Waals surface area contributed by atoms with Gasteiger partial charge in [-0.3, -0.25) is 0 Å². The molecule has 1 N–H and O–H groups in total. The lowest BCUT2D eigenvalue weighted by molar-refractivity contribution is 0.280. The third kappa shape index (κ3) is 3.32. The molecule has 2 aromatic rings. The van der Waals surface area contributed by atoms with Gasteiger partial charge in [0.25, 0.3) is 0 Å². The minimum absolute atomic E-state index is 0.281. The van der Waals surface area contributed by atoms with E-state index in [1.54, 1.807) is 6.92 Å². The largest absolute Gasteiger partial charge is 0.485 e. The number of aryl methyl sites for hydroxylation is 1. The van der Waals surface area contributed by atoms with Crippen molar-refractivity contribution in [2.24, 2.45) is 0 Å². The third-order valence-electron chi connectivity index (χ3n) is 2.98. The van der Waals surface area contributed by atoms with Crippen LogP contribution in [0.1, 0.15) is 36.7 Å². The van der Waals surface area contributed by atoms with Gasteiger partial charge in [-0.05, 0) is 19.5 Å². The van der Waals surface area contributed by atoms with Crippen LogP contribution in [0.2, 0.25) is 0 Å². The molecule has 1 aromatic carbocycles. The molecule has 0 fully saturated rings. The van der Waals surface area contributed by atoms with Crippen LogP contribution in [0.5, 0.6) is 5.75 Å². The van der Waals surface area contributed by atoms with Gasteiger partial charge in [-0.1, -0.05) is 30.3 Å². The molecule has 5 nitrogen and oxygen atoms in total. The second-order valence-corrected chi connectivity index (χ2v) is 4.31. The zero-order chi connectivity index (χ0) is 13.7. The highest BCUT2D eigenvalue weighted by molar-refractivity contribution is 5.35. The maximum Gasteiger partial charge on any atom is 0.223 e. The van der Waals surface area contributed by atoms with E-state index in [2.05, 4.69) is 28.4 Å². The van der Waals surface area contributed by atoms with Crippen LogP contribution < -0.4 is 10.1 Å². The van der Waals surface area contributed by atoms with Crippen molar-refractivity contribution in [2.75, 3.05) is 7.05 Å². The molecule has 0 saturated heterocycles. The summed E-state index contributed by atoms with van der Waals surface area (Å²) in [7, 11) is 1.95. The van der Waals surface area contributed by atoms with Gasteiger partial charge in [0.15, 0.2) is 6.61 Å². The van der Waals surface area contributed by atoms with Gasteiger partial charge in [0, 0.05) is 18.5 Å². The number of aromatic nitrogens is 2. The molecule has 2 rings (SSSR count). The van der Waals surface area contributed by atoms with Crippen LogP contribution in [0, 0.1) is 6.92 Å². The van der Waals surface area contributed by atoms with E-state index in [9.17, 15) is 0 Å². The van der Waals surface area contributed by atoms with Gasteiger partial charge < -0.3 is 14.6 Å². The Morgan fingerprint density at radius 1 is 1.37 bits per heavy atom. The minimum Gasteiger partial charge on any atom is -0.485 e. The van der Waals surface area contributed by atoms with E-state index in [1.165, 1.54) is 0 Å². The number of nitrogens with one attached hydrogen (secondary N) is 1. The van der Waals surface area contributed by atoms with Crippen molar-refractivity contribution in [3.8, 4) is 5.75 Å². The molecule has 0 aliphatic rings. The number of hydrogen-bond donors (Lipinski definition) is 1. The lowest BCUT2D eigenvalue weighted by atomic mass is 10.0. The fraction of sp³-hybridized carbons (Fsp3) is 0.429. The predicted molar refractivity (Wildman–Crippen MR) is 71.9 cm³/mol. The summed E-state index contributed by atoms with van der Waals surface area (Å²) in [6, 6.07) is 8.29. The van der Waals surface area contributed by atoms with Crippen molar-refractivity contribution in [1.82, 2.24) is 15.5 Å². The van der Waals surface area contributed by atoms with E-state index in [1.807, 2.05) is 25.2 Å². The van der Waals surface area contributed by atoms with Crippen LogP contribution in [-0.4, -0.2) is 17.2 Å². The van der Waals surface area contributed by atoms with Gasteiger partial charge in [-0.15, -0.1) is 0 Å². The molecule has 102 valence electrons. The number of ether oxygens (including phenoxy) is 1. The molecule has 1 aromatic heterocycles. The second kappa shape index (κ2) is 6.33. The first-order valence-corrected chi connectivity index (χ1v) is 6.42. The summed E-state index contributed by atoms with van der Waals surface area (Å²) in [5, 5.41) is 7.10. The molecular weight excluding hydrogens is 242 g/mol. The van der Waals surface area contributed by atoms with Crippen molar-refractivity contribution in [3.05, 3.63) is 41.5 Å². The highest BCUT2D eigenvalue weighted by atomic mass is 16.5. The summed E-state index contributed by atoms with van der Waals surface area (Å²) >= 11 is 0. The number of rotatable bonds is 6. The number of para-hydroxylation sites is 1. The van der Waals surface area contributed by atoms with E-state index in [0.29, 0.717) is 18.3 Å². The predicted octanol–water partition coefficient (Wildman–Crippen LogP) is 2.63. The monoisotopic (exact) mass is 261 g/mol. The van der Waals surface area contributed by atoms with Crippen LogP contribution in [0.15, 0.2) is 28.8 Å². The minimum atomic E-state index is 0.281. The highest BCUT2D eigenvalue weighted by Gasteiger charge is 2.13. The lowest BCUT2D eigenvalue weighted by Crippen LogP contribution is -2.16. The van der Waals surface area contributed by atoms with Gasteiger partial charge in [0.05, 0.1) is 0 Å². The van der Waals surface area contributed by atoms with Gasteiger partial charge in [0.2, 0.25) is 11.7 Å². The topological polar surface area (TPSA) is 60.2 Å². The Morgan fingerprint density at radius 2 is 2.16 bits per heavy atom. The maximum absolute atomic E-state index is 5.80. The number of benzene rings is 1. The summed E-state index contributed by atoms with van der Waals surface area (Å²) in [5.41, 5.74) is 1.15. The lowest BCUT2D eigenvalue weighted by Gasteiger charge is -2.18. The van der Waals surface area contributed by atoms with E-state index in [4.69, 9.17) is 9.26 Å². The van der Waals surface area contributed by atoms with Crippen molar-refractivity contribution in [1.29, 1.82) is 0 Å². The standard InChI is InChI=1S/C14H19N3O2/c1-4-12(15-3)11-7-5-6-8-13(11)18-9-14-16-10(2)19-17-14/h5-8,12,15H,4,9H2,1-3H3. The molecule has 1 heterocycles. The smallest absolute Gasteiger partial charge is 0.223 e. The van der Waals surface area contributed by atoms with Crippen molar-refractivity contribution < 1.29 is 9.26 Å². The zero-order valence-electron chi connectivity index (χ0n) is 11.5. The van der Waals surface area contributed by atoms with Gasteiger partial charge in [0.1, 0.15) is 5.75 Å². The number of hydrogen-bond acceptors (Lipinski definition) is 5. The van der Waals surface area contributed by atoms with E-state index >= 15 is 0 Å². The Bertz CT molecular complexity index is 521. The zero-order valence-corrected chi connectivity index (χ0v) is 11.5. The molecular formula is C14H19N3O2. The van der Waals surface area contributed by atoms with Crippen LogP contribution in [0.25, 0.3) is 0 Å². The SMILES string of the molecule is CCC(NC)c1ccccc1OCc1noc(C)n1. The second-order valence-electron chi connectivity index (χ2n) is 4.31. The van der Waals surface area contributed by atoms with Gasteiger partial charge >= 0.3 is 0 Å². The van der Waals surface area contributed by atoms with Crippen molar-refractivity contribution in [2.45, 2.75) is 32.9 Å². The molecule has 0 bridgehead atoms. The Labute approximate surface area is 113 Å². The summed E-state index contributed by atoms with van der Waals surface area (Å²) in [5.74, 6) is 1.96. The fourth-order valence-electron chi connectivity index (χ4n) is 2.02. The van der Waals surface area contributed by atoms with Crippen LogP contribution >= 0.6 is 0 Å². The van der Waals surface area contributed by atoms with E-state index < -0.39 is 0 Å². The molecule has 19 heavy (non-hydrogen) atoms. The summed E-state index contributed by atoms with van der Waals surface area (Å²) < 4.78 is 10.7. The molecule has 0 aliphatic carbocycles. The summed E-state index contributed by atoms with van der Waals surface area (Å²) in [4.78, 5) is 4.12. The van der Waals surface area contributed by atoms with Crippen LogP contribution in [-0.2, 0) is 6.61 Å². The van der Waals surface area contributed by atoms with Crippen molar-refractivity contribution >= 4 is 0 Å².